The molecule has 4 aromatic rings. The molecule has 49 heavy (non-hydrogen) atoms. The van der Waals surface area contributed by atoms with Gasteiger partial charge in [0.1, 0.15) is 23.8 Å². The molecule has 254 valence electrons. The van der Waals surface area contributed by atoms with Crippen molar-refractivity contribution >= 4 is 40.7 Å². The Balaban J connectivity index is 1.42. The number of allylic oxidation sites excluding steroid dienone is 2. The van der Waals surface area contributed by atoms with Crippen molar-refractivity contribution in [1.29, 1.82) is 0 Å². The minimum atomic E-state index is -2.79. The van der Waals surface area contributed by atoms with Crippen LogP contribution in [0.1, 0.15) is 29.5 Å². The molecular weight excluding hydrogens is 702 g/mol. The average molecular weight is 723 g/mol. The number of fused-ring (bicyclic) bond motifs is 4. The number of imide groups is 1. The quantitative estimate of drug-likeness (QED) is 0.0809. The first-order chi connectivity index (χ1) is 23.1. The number of anilines is 1. The topological polar surface area (TPSA) is 116 Å². The fourth-order valence-corrected chi connectivity index (χ4v) is 7.79. The lowest BCUT2D eigenvalue weighted by molar-refractivity contribution is -0.122. The number of ether oxygens (including phenoxy) is 1. The highest BCUT2D eigenvalue weighted by atomic mass is 35.5. The molecule has 0 bridgehead atoms. The minimum absolute atomic E-state index is 0.0961. The molecule has 2 amide bonds. The predicted octanol–water partition coefficient (Wildman–Crippen LogP) is 4.53. The Morgan fingerprint density at radius 2 is 1.51 bits per heavy atom. The van der Waals surface area contributed by atoms with Gasteiger partial charge in [0.25, 0.3) is 11.8 Å². The molecule has 17 heteroatoms. The lowest BCUT2D eigenvalue weighted by Crippen LogP contribution is -2.59. The van der Waals surface area contributed by atoms with Crippen LogP contribution in [0.5, 0.6) is 11.5 Å². The molecule has 3 aliphatic rings. The Morgan fingerprint density at radius 3 is 2.14 bits per heavy atom. The summed E-state index contributed by atoms with van der Waals surface area (Å²) in [5.41, 5.74) is -2.77. The largest absolute Gasteiger partial charge is 0.508 e. The van der Waals surface area contributed by atoms with Crippen LogP contribution in [0.3, 0.4) is 0 Å². The number of carbonyl (C=O) groups is 2. The van der Waals surface area contributed by atoms with E-state index in [0.717, 1.165) is 19.5 Å². The van der Waals surface area contributed by atoms with Crippen LogP contribution in [0, 0.1) is 29.1 Å². The first-order valence-corrected chi connectivity index (χ1v) is 15.3. The molecule has 2 aliphatic heterocycles. The van der Waals surface area contributed by atoms with Crippen molar-refractivity contribution in [2.24, 2.45) is 7.05 Å². The summed E-state index contributed by atoms with van der Waals surface area (Å²) in [7, 11) is 1.19. The standard InChI is InChI=1S/C32H21Cl2F5N4O6/c1-40-29(47)41-10-9-16-18(43(41)30(40)48)12-31(33)27(45)42(26-24(38)22(36)21(35)23(37)25(26)39)28(46)32(31,34)20(16)17-8-7-15(11-19(17)44)49-13-14-5-3-2-4-6-14/h2-9,11,18,20,44H,10,12-13H2,1H3/t18-,20-,31-,32+/m1/s1. The second kappa shape index (κ2) is 11.1. The van der Waals surface area contributed by atoms with Crippen molar-refractivity contribution in [3.63, 3.8) is 0 Å². The number of amides is 2. The lowest BCUT2D eigenvalue weighted by atomic mass is 9.64. The highest BCUT2D eigenvalue weighted by Gasteiger charge is 2.76. The first-order valence-electron chi connectivity index (χ1n) is 14.5. The fraction of sp³-hybridized carbons (Fsp3) is 0.250. The van der Waals surface area contributed by atoms with E-state index < -0.39 is 91.8 Å². The Morgan fingerprint density at radius 1 is 0.878 bits per heavy atom. The maximum atomic E-state index is 15.1. The zero-order valence-corrected chi connectivity index (χ0v) is 26.4. The molecule has 1 saturated carbocycles. The van der Waals surface area contributed by atoms with Gasteiger partial charge in [0.15, 0.2) is 33.0 Å². The second-order valence-electron chi connectivity index (χ2n) is 11.8. The van der Waals surface area contributed by atoms with E-state index in [-0.39, 0.29) is 34.9 Å². The van der Waals surface area contributed by atoms with Crippen molar-refractivity contribution in [1.82, 2.24) is 13.9 Å². The molecule has 0 unspecified atom stereocenters. The molecule has 1 aliphatic carbocycles. The Labute approximate surface area is 281 Å². The van der Waals surface area contributed by atoms with E-state index in [1.54, 1.807) is 24.3 Å². The maximum absolute atomic E-state index is 15.1. The minimum Gasteiger partial charge on any atom is -0.508 e. The Bertz CT molecular complexity index is 2240. The van der Waals surface area contributed by atoms with Crippen molar-refractivity contribution < 1.29 is 41.4 Å². The lowest BCUT2D eigenvalue weighted by Gasteiger charge is -2.49. The highest BCUT2D eigenvalue weighted by Crippen LogP contribution is 2.65. The summed E-state index contributed by atoms with van der Waals surface area (Å²) in [6.07, 6.45) is 0.675. The van der Waals surface area contributed by atoms with Crippen LogP contribution in [0.4, 0.5) is 27.6 Å². The number of hydrogen-bond donors (Lipinski definition) is 1. The van der Waals surface area contributed by atoms with Crippen molar-refractivity contribution in [2.75, 3.05) is 4.90 Å². The van der Waals surface area contributed by atoms with Crippen molar-refractivity contribution in [3.8, 4) is 11.5 Å². The number of nitrogens with zero attached hydrogens (tertiary/aromatic N) is 4. The number of phenolic OH excluding ortho intramolecular Hbond substituents is 1. The number of alkyl halides is 2. The van der Waals surface area contributed by atoms with Crippen molar-refractivity contribution in [3.05, 3.63) is 121 Å². The molecule has 0 radical (unpaired) electrons. The van der Waals surface area contributed by atoms with E-state index in [0.29, 0.717) is 0 Å². The number of benzene rings is 3. The normalized spacial score (nSPS) is 24.4. The molecule has 0 spiro atoms. The van der Waals surface area contributed by atoms with Gasteiger partial charge in [-0.2, -0.15) is 0 Å². The van der Waals surface area contributed by atoms with Gasteiger partial charge in [-0.1, -0.05) is 42.5 Å². The summed E-state index contributed by atoms with van der Waals surface area (Å²) in [5, 5.41) is 11.4. The number of hydrogen-bond acceptors (Lipinski definition) is 6. The number of carbonyl (C=O) groups excluding carboxylic acids is 2. The van der Waals surface area contributed by atoms with Crippen LogP contribution in [-0.2, 0) is 29.8 Å². The zero-order valence-electron chi connectivity index (χ0n) is 24.9. The summed E-state index contributed by atoms with van der Waals surface area (Å²) < 4.78 is 81.5. The van der Waals surface area contributed by atoms with Gasteiger partial charge < -0.3 is 9.84 Å². The van der Waals surface area contributed by atoms with Crippen LogP contribution in [0.2, 0.25) is 0 Å². The van der Waals surface area contributed by atoms with Crippen LogP contribution in [0.15, 0.2) is 69.8 Å². The third-order valence-corrected chi connectivity index (χ3v) is 10.7. The molecule has 7 rings (SSSR count). The molecule has 2 fully saturated rings. The molecule has 10 nitrogen and oxygen atoms in total. The van der Waals surface area contributed by atoms with E-state index in [9.17, 15) is 37.5 Å². The van der Waals surface area contributed by atoms with Crippen LogP contribution < -0.4 is 21.0 Å². The van der Waals surface area contributed by atoms with Crippen LogP contribution in [-0.4, -0.2) is 40.6 Å². The second-order valence-corrected chi connectivity index (χ2v) is 13.0. The van der Waals surface area contributed by atoms with E-state index in [4.69, 9.17) is 27.9 Å². The van der Waals surface area contributed by atoms with Gasteiger partial charge in [0.2, 0.25) is 5.82 Å². The van der Waals surface area contributed by atoms with Gasteiger partial charge >= 0.3 is 11.4 Å². The average Bonchev–Trinajstić information content (AvgIpc) is 3.40. The molecule has 1 aromatic heterocycles. The van der Waals surface area contributed by atoms with E-state index in [1.165, 1.54) is 31.3 Å². The van der Waals surface area contributed by atoms with E-state index >= 15 is 8.78 Å². The van der Waals surface area contributed by atoms with Gasteiger partial charge in [0, 0.05) is 31.0 Å². The van der Waals surface area contributed by atoms with Gasteiger partial charge in [-0.3, -0.25) is 9.59 Å². The molecule has 1 saturated heterocycles. The molecule has 3 aromatic carbocycles. The summed E-state index contributed by atoms with van der Waals surface area (Å²) >= 11 is 14.1. The maximum Gasteiger partial charge on any atom is 0.347 e. The number of aromatic hydroxyl groups is 1. The number of halogens is 7. The predicted molar refractivity (Wildman–Crippen MR) is 163 cm³/mol. The summed E-state index contributed by atoms with van der Waals surface area (Å²) in [4.78, 5) is 48.7. The number of phenols is 1. The Hall–Kier alpha value is -4.89. The smallest absolute Gasteiger partial charge is 0.347 e. The van der Waals surface area contributed by atoms with Gasteiger partial charge in [-0.15, -0.1) is 23.2 Å². The van der Waals surface area contributed by atoms with Crippen molar-refractivity contribution in [2.45, 2.75) is 41.3 Å². The summed E-state index contributed by atoms with van der Waals surface area (Å²) in [6.45, 7) is -0.152. The zero-order chi connectivity index (χ0) is 35.3. The molecular formula is C32H21Cl2F5N4O6. The third kappa shape index (κ3) is 4.30. The fourth-order valence-electron chi connectivity index (χ4n) is 6.88. The van der Waals surface area contributed by atoms with E-state index in [1.807, 2.05) is 6.07 Å². The van der Waals surface area contributed by atoms with Gasteiger partial charge in [0.05, 0.1) is 12.6 Å². The summed E-state index contributed by atoms with van der Waals surface area (Å²) in [5.74, 6) is -17.8. The van der Waals surface area contributed by atoms with Gasteiger partial charge in [-0.25, -0.2) is 50.4 Å². The highest BCUT2D eigenvalue weighted by molar-refractivity contribution is 6.58. The number of rotatable bonds is 5. The number of aromatic nitrogens is 3. The third-order valence-electron chi connectivity index (χ3n) is 9.24. The molecule has 3 heterocycles. The summed E-state index contributed by atoms with van der Waals surface area (Å²) in [6, 6.07) is 11.5. The monoisotopic (exact) mass is 722 g/mol. The van der Waals surface area contributed by atoms with Gasteiger partial charge in [-0.05, 0) is 17.2 Å². The molecule has 4 atom stereocenters. The van der Waals surface area contributed by atoms with E-state index in [2.05, 4.69) is 0 Å². The van der Waals surface area contributed by atoms with Crippen LogP contribution >= 0.6 is 23.2 Å². The first kappa shape index (κ1) is 32.6. The SMILES string of the molecule is Cn1c(=O)n2n(c1=O)[C@@H]1C[C@@]3(Cl)C(=O)N(c4c(F)c(F)c(F)c(F)c4F)C(=O)[C@@]3(Cl)[C@@H](c3ccc(OCc4ccccc4)cc3O)C1=CC2. The molecule has 1 N–H and O–H groups in total. The van der Waals surface area contributed by atoms with Crippen LogP contribution in [0.25, 0.3) is 0 Å². The Kier molecular flexibility index (Phi) is 7.37.